The third kappa shape index (κ3) is 2.59. The van der Waals surface area contributed by atoms with Gasteiger partial charge < -0.3 is 0 Å². The second kappa shape index (κ2) is 4.08. The summed E-state index contributed by atoms with van der Waals surface area (Å²) in [6.45, 7) is 0. The summed E-state index contributed by atoms with van der Waals surface area (Å²) in [6, 6.07) is 10.2. The molecule has 1 aromatic rings. The molecule has 1 rings (SSSR count). The van der Waals surface area contributed by atoms with Gasteiger partial charge in [-0.25, -0.2) is 0 Å². The van der Waals surface area contributed by atoms with Gasteiger partial charge in [-0.2, -0.15) is 36.4 Å². The second-order valence-corrected chi connectivity index (χ2v) is 1.01. The average molecular weight is 263 g/mol. The van der Waals surface area contributed by atoms with E-state index in [1.165, 1.54) is 0 Å². The zero-order chi connectivity index (χ0) is 5.11. The van der Waals surface area contributed by atoms with Crippen molar-refractivity contribution in [1.29, 1.82) is 0 Å². The van der Waals surface area contributed by atoms with Crippen LogP contribution in [0.4, 0.5) is 0 Å². The van der Waals surface area contributed by atoms with E-state index < -0.39 is 0 Å². The maximum Gasteiger partial charge on any atom is 0.0332 e. The van der Waals surface area contributed by atoms with Crippen LogP contribution in [0, 0.1) is 6.07 Å². The molecule has 0 atom stereocenters. The average Bonchev–Trinajstić information content (AvgIpc) is 1.69. The Morgan fingerprint density at radius 1 is 1.29 bits per heavy atom. The van der Waals surface area contributed by atoms with Crippen LogP contribution in [-0.2, 0) is 21.1 Å². The molecule has 0 unspecified atom stereocenters. The summed E-state index contributed by atoms with van der Waals surface area (Å²) in [7, 11) is 0. The Labute approximate surface area is 59.2 Å². The molecule has 0 nitrogen and oxygen atoms in total. The molecule has 7 heavy (non-hydrogen) atoms. The van der Waals surface area contributed by atoms with E-state index in [4.69, 9.17) is 1.37 Å². The molecule has 0 saturated carbocycles. The first-order valence-corrected chi connectivity index (χ1v) is 1.83. The number of hydrogen-bond donors (Lipinski definition) is 0. The largest absolute Gasteiger partial charge is 0.184 e. The second-order valence-electron chi connectivity index (χ2n) is 1.01. The van der Waals surface area contributed by atoms with Crippen molar-refractivity contribution in [3.63, 3.8) is 0 Å². The molecule has 0 aliphatic carbocycles. The van der Waals surface area contributed by atoms with Gasteiger partial charge in [0.15, 0.2) is 0 Å². The van der Waals surface area contributed by atoms with Gasteiger partial charge in [0.1, 0.15) is 0 Å². The normalized spacial score (nSPS) is 8.86. The Morgan fingerprint density at radius 3 is 2.43 bits per heavy atom. The van der Waals surface area contributed by atoms with Crippen molar-refractivity contribution in [1.82, 2.24) is 0 Å². The quantitative estimate of drug-likeness (QED) is 0.622. The standard InChI is InChI=1S/C6H5.W/c1-2-4-6-5-3-1;/h1-5H;/q-1;/i4T;. The monoisotopic (exact) mass is 263 g/mol. The SMILES string of the molecule is [3H]c1[c-]cccc1.[W]. The third-order valence-electron chi connectivity index (χ3n) is 0.554. The molecule has 0 fully saturated rings. The van der Waals surface area contributed by atoms with E-state index in [-0.39, 0.29) is 21.1 Å². The van der Waals surface area contributed by atoms with Crippen LogP contribution in [0.25, 0.3) is 0 Å². The zero-order valence-electron chi connectivity index (χ0n) is 4.72. The Morgan fingerprint density at radius 2 is 2.14 bits per heavy atom. The van der Waals surface area contributed by atoms with E-state index in [9.17, 15) is 0 Å². The van der Waals surface area contributed by atoms with Crippen LogP contribution in [-0.4, -0.2) is 0 Å². The molecule has 36 valence electrons. The van der Waals surface area contributed by atoms with Crippen molar-refractivity contribution in [3.05, 3.63) is 36.4 Å². The minimum atomic E-state index is 0. The van der Waals surface area contributed by atoms with Gasteiger partial charge in [-0.3, -0.25) is 0 Å². The fourth-order valence-corrected chi connectivity index (χ4v) is 0.304. The van der Waals surface area contributed by atoms with E-state index in [0.29, 0.717) is 6.04 Å². The Balaban J connectivity index is 0.000000490. The van der Waals surface area contributed by atoms with Crippen molar-refractivity contribution >= 4 is 0 Å². The van der Waals surface area contributed by atoms with Crippen LogP contribution < -0.4 is 0 Å². The van der Waals surface area contributed by atoms with Gasteiger partial charge in [-0.15, -0.1) is 0 Å². The molecule has 0 saturated heterocycles. The van der Waals surface area contributed by atoms with Gasteiger partial charge >= 0.3 is 0 Å². The molecule has 0 aliphatic heterocycles. The Bertz CT molecular complexity index is 138. The van der Waals surface area contributed by atoms with Crippen molar-refractivity contribution in [2.45, 2.75) is 0 Å². The minimum absolute atomic E-state index is 0. The van der Waals surface area contributed by atoms with Gasteiger partial charge in [0, 0.05) is 22.4 Å². The maximum atomic E-state index is 6.94. The zero-order valence-corrected chi connectivity index (χ0v) is 6.65. The fourth-order valence-electron chi connectivity index (χ4n) is 0.304. The van der Waals surface area contributed by atoms with Crippen LogP contribution in [0.2, 0.25) is 0 Å². The van der Waals surface area contributed by atoms with Crippen LogP contribution in [0.3, 0.4) is 0 Å². The third-order valence-corrected chi connectivity index (χ3v) is 0.554. The fraction of sp³-hybridized carbons (Fsp3) is 0. The van der Waals surface area contributed by atoms with Crippen molar-refractivity contribution in [2.75, 3.05) is 0 Å². The predicted molar refractivity (Wildman–Crippen MR) is 25.3 cm³/mol. The van der Waals surface area contributed by atoms with Gasteiger partial charge in [0.25, 0.3) is 0 Å². The molecule has 0 aliphatic rings. The first-order valence-electron chi connectivity index (χ1n) is 2.33. The minimum Gasteiger partial charge on any atom is -0.184 e. The summed E-state index contributed by atoms with van der Waals surface area (Å²) in [4.78, 5) is 0. The summed E-state index contributed by atoms with van der Waals surface area (Å²) in [5.41, 5.74) is 0. The van der Waals surface area contributed by atoms with Gasteiger partial charge in [0.05, 0.1) is 0 Å². The molecule has 0 aromatic heterocycles. The Hall–Kier alpha value is -0.0917. The summed E-state index contributed by atoms with van der Waals surface area (Å²) in [5, 5.41) is 0. The molecular weight excluding hydrogens is 256 g/mol. The molecular formula is C6H5W-. The van der Waals surface area contributed by atoms with E-state index in [2.05, 4.69) is 6.07 Å². The van der Waals surface area contributed by atoms with Crippen LogP contribution >= 0.6 is 0 Å². The molecule has 0 bridgehead atoms. The van der Waals surface area contributed by atoms with Crippen molar-refractivity contribution < 1.29 is 22.4 Å². The first kappa shape index (κ1) is 5.05. The summed E-state index contributed by atoms with van der Waals surface area (Å²) >= 11 is 0. The van der Waals surface area contributed by atoms with Crippen molar-refractivity contribution in [3.8, 4) is 0 Å². The maximum absolute atomic E-state index is 6.94. The number of rotatable bonds is 0. The summed E-state index contributed by atoms with van der Waals surface area (Å²) < 4.78 is 6.94. The Kier molecular flexibility index (Phi) is 2.94. The first-order chi connectivity index (χ1) is 3.39. The molecule has 0 radical (unpaired) electrons. The van der Waals surface area contributed by atoms with E-state index in [0.717, 1.165) is 0 Å². The van der Waals surface area contributed by atoms with E-state index in [1.54, 1.807) is 12.1 Å². The molecule has 1 aromatic carbocycles. The summed E-state index contributed by atoms with van der Waals surface area (Å²) in [6.07, 6.45) is 0. The molecule has 0 amide bonds. The van der Waals surface area contributed by atoms with E-state index in [1.807, 2.05) is 12.1 Å². The number of hydrogen-bond acceptors (Lipinski definition) is 0. The predicted octanol–water partition coefficient (Wildman–Crippen LogP) is 1.48. The molecule has 0 heterocycles. The van der Waals surface area contributed by atoms with Crippen LogP contribution in [0.5, 0.6) is 0 Å². The van der Waals surface area contributed by atoms with Gasteiger partial charge in [-0.05, 0) is 0 Å². The smallest absolute Gasteiger partial charge is 0.0332 e. The molecule has 0 N–H and O–H groups in total. The summed E-state index contributed by atoms with van der Waals surface area (Å²) in [5.74, 6) is 0. The van der Waals surface area contributed by atoms with Gasteiger partial charge in [-0.1, -0.05) is 0 Å². The van der Waals surface area contributed by atoms with Crippen molar-refractivity contribution in [2.24, 2.45) is 0 Å². The van der Waals surface area contributed by atoms with Crippen LogP contribution in [0.15, 0.2) is 30.3 Å². The molecule has 1 heteroatoms. The van der Waals surface area contributed by atoms with Gasteiger partial charge in [0.2, 0.25) is 0 Å². The molecule has 0 spiro atoms. The van der Waals surface area contributed by atoms with E-state index >= 15 is 0 Å². The number of benzene rings is 1. The topological polar surface area (TPSA) is 0 Å². The van der Waals surface area contributed by atoms with Crippen LogP contribution in [0.1, 0.15) is 1.37 Å².